The van der Waals surface area contributed by atoms with Crippen molar-refractivity contribution in [1.82, 2.24) is 0 Å². The topological polar surface area (TPSA) is 61.5 Å². The minimum Gasteiger partial charge on any atom is -0.495 e. The van der Waals surface area contributed by atoms with Gasteiger partial charge in [0.05, 0.1) is 12.8 Å². The van der Waals surface area contributed by atoms with Gasteiger partial charge >= 0.3 is 0 Å². The molecule has 0 fully saturated rings. The summed E-state index contributed by atoms with van der Waals surface area (Å²) < 4.78 is 10.7. The van der Waals surface area contributed by atoms with E-state index in [0.717, 1.165) is 0 Å². The van der Waals surface area contributed by atoms with Gasteiger partial charge in [0.15, 0.2) is 5.78 Å². The largest absolute Gasteiger partial charge is 0.495 e. The van der Waals surface area contributed by atoms with E-state index in [0.29, 0.717) is 28.5 Å². The molecule has 2 aromatic rings. The fourth-order valence-corrected chi connectivity index (χ4v) is 1.67. The molecular weight excluding hydrogens is 242 g/mol. The molecule has 0 spiro atoms. The monoisotopic (exact) mass is 257 g/mol. The third-order valence-electron chi connectivity index (χ3n) is 2.70. The lowest BCUT2D eigenvalue weighted by atomic mass is 10.1. The number of ether oxygens (including phenoxy) is 2. The van der Waals surface area contributed by atoms with E-state index in [-0.39, 0.29) is 5.78 Å². The zero-order chi connectivity index (χ0) is 13.8. The SMILES string of the molecule is COc1ccc(Oc2ccc(C(C)=O)cc2)cc1N. The van der Waals surface area contributed by atoms with Crippen LogP contribution >= 0.6 is 0 Å². The lowest BCUT2D eigenvalue weighted by molar-refractivity contribution is 0.101. The van der Waals surface area contributed by atoms with Gasteiger partial charge in [0, 0.05) is 11.6 Å². The predicted octanol–water partition coefficient (Wildman–Crippen LogP) is 3.27. The van der Waals surface area contributed by atoms with Gasteiger partial charge in [-0.15, -0.1) is 0 Å². The van der Waals surface area contributed by atoms with Crippen LogP contribution in [-0.2, 0) is 0 Å². The van der Waals surface area contributed by atoms with Gasteiger partial charge in [0.25, 0.3) is 0 Å². The number of Topliss-reactive ketones (excluding diaryl/α,β-unsaturated/α-hetero) is 1. The fourth-order valence-electron chi connectivity index (χ4n) is 1.67. The molecule has 98 valence electrons. The summed E-state index contributed by atoms with van der Waals surface area (Å²) in [6.45, 7) is 1.53. The van der Waals surface area contributed by atoms with Crippen LogP contribution in [0.2, 0.25) is 0 Å². The van der Waals surface area contributed by atoms with Gasteiger partial charge in [-0.05, 0) is 43.3 Å². The second-order valence-electron chi connectivity index (χ2n) is 4.09. The minimum atomic E-state index is 0.0280. The second kappa shape index (κ2) is 5.44. The summed E-state index contributed by atoms with van der Waals surface area (Å²) in [6.07, 6.45) is 0. The van der Waals surface area contributed by atoms with Crippen molar-refractivity contribution in [2.75, 3.05) is 12.8 Å². The van der Waals surface area contributed by atoms with Crippen LogP contribution in [0.4, 0.5) is 5.69 Å². The van der Waals surface area contributed by atoms with Gasteiger partial charge in [-0.3, -0.25) is 4.79 Å². The van der Waals surface area contributed by atoms with Crippen molar-refractivity contribution in [3.8, 4) is 17.2 Å². The molecular formula is C15H15NO3. The number of methoxy groups -OCH3 is 1. The molecule has 0 unspecified atom stereocenters. The quantitative estimate of drug-likeness (QED) is 0.674. The van der Waals surface area contributed by atoms with Crippen LogP contribution in [0, 0.1) is 0 Å². The van der Waals surface area contributed by atoms with Crippen molar-refractivity contribution in [1.29, 1.82) is 0 Å². The third kappa shape index (κ3) is 3.04. The molecule has 0 atom stereocenters. The number of carbonyl (C=O) groups is 1. The Morgan fingerprint density at radius 2 is 1.68 bits per heavy atom. The van der Waals surface area contributed by atoms with Crippen molar-refractivity contribution < 1.29 is 14.3 Å². The number of hydrogen-bond acceptors (Lipinski definition) is 4. The number of rotatable bonds is 4. The molecule has 0 bridgehead atoms. The maximum atomic E-state index is 11.2. The van der Waals surface area contributed by atoms with Crippen LogP contribution in [0.15, 0.2) is 42.5 Å². The highest BCUT2D eigenvalue weighted by atomic mass is 16.5. The van der Waals surface area contributed by atoms with Crippen LogP contribution < -0.4 is 15.2 Å². The number of ketones is 1. The molecule has 0 saturated carbocycles. The number of benzene rings is 2. The Balaban J connectivity index is 2.16. The van der Waals surface area contributed by atoms with Crippen molar-refractivity contribution in [2.45, 2.75) is 6.92 Å². The second-order valence-corrected chi connectivity index (χ2v) is 4.09. The number of nitrogen functional groups attached to an aromatic ring is 1. The molecule has 2 N–H and O–H groups in total. The number of carbonyl (C=O) groups excluding carboxylic acids is 1. The van der Waals surface area contributed by atoms with Gasteiger partial charge in [0.2, 0.25) is 0 Å². The Kier molecular flexibility index (Phi) is 3.71. The molecule has 2 aromatic carbocycles. The van der Waals surface area contributed by atoms with Crippen LogP contribution in [-0.4, -0.2) is 12.9 Å². The number of anilines is 1. The summed E-state index contributed by atoms with van der Waals surface area (Å²) in [4.78, 5) is 11.2. The van der Waals surface area contributed by atoms with Gasteiger partial charge in [-0.25, -0.2) is 0 Å². The van der Waals surface area contributed by atoms with Gasteiger partial charge in [0.1, 0.15) is 17.2 Å². The first-order valence-electron chi connectivity index (χ1n) is 5.82. The number of nitrogens with two attached hydrogens (primary N) is 1. The smallest absolute Gasteiger partial charge is 0.159 e. The molecule has 0 aliphatic heterocycles. The molecule has 0 radical (unpaired) electrons. The van der Waals surface area contributed by atoms with Crippen LogP contribution in [0.25, 0.3) is 0 Å². The van der Waals surface area contributed by atoms with E-state index in [1.54, 1.807) is 49.6 Å². The molecule has 0 saturated heterocycles. The van der Waals surface area contributed by atoms with Gasteiger partial charge < -0.3 is 15.2 Å². The highest BCUT2D eigenvalue weighted by Crippen LogP contribution is 2.29. The van der Waals surface area contributed by atoms with E-state index >= 15 is 0 Å². The number of hydrogen-bond donors (Lipinski definition) is 1. The van der Waals surface area contributed by atoms with Crippen LogP contribution in [0.1, 0.15) is 17.3 Å². The Bertz CT molecular complexity index is 591. The average molecular weight is 257 g/mol. The first-order valence-corrected chi connectivity index (χ1v) is 5.82. The summed E-state index contributed by atoms with van der Waals surface area (Å²) in [6, 6.07) is 12.2. The van der Waals surface area contributed by atoms with E-state index < -0.39 is 0 Å². The van der Waals surface area contributed by atoms with Crippen molar-refractivity contribution in [3.63, 3.8) is 0 Å². The summed E-state index contributed by atoms with van der Waals surface area (Å²) in [7, 11) is 1.56. The standard InChI is InChI=1S/C15H15NO3/c1-10(17)11-3-5-12(6-4-11)19-13-7-8-15(18-2)14(16)9-13/h3-9H,16H2,1-2H3. The van der Waals surface area contributed by atoms with Crippen LogP contribution in [0.5, 0.6) is 17.2 Å². The average Bonchev–Trinajstić information content (AvgIpc) is 2.39. The molecule has 0 heterocycles. The molecule has 0 amide bonds. The van der Waals surface area contributed by atoms with Crippen molar-refractivity contribution in [3.05, 3.63) is 48.0 Å². The maximum Gasteiger partial charge on any atom is 0.159 e. The molecule has 0 aliphatic carbocycles. The van der Waals surface area contributed by atoms with E-state index in [4.69, 9.17) is 15.2 Å². The molecule has 4 heteroatoms. The maximum absolute atomic E-state index is 11.2. The Labute approximate surface area is 111 Å². The third-order valence-corrected chi connectivity index (χ3v) is 2.70. The lowest BCUT2D eigenvalue weighted by Gasteiger charge is -2.09. The predicted molar refractivity (Wildman–Crippen MR) is 73.9 cm³/mol. The van der Waals surface area contributed by atoms with E-state index in [9.17, 15) is 4.79 Å². The van der Waals surface area contributed by atoms with Gasteiger partial charge in [-0.2, -0.15) is 0 Å². The molecule has 0 aliphatic rings. The zero-order valence-corrected chi connectivity index (χ0v) is 10.8. The minimum absolute atomic E-state index is 0.0280. The summed E-state index contributed by atoms with van der Waals surface area (Å²) in [5.74, 6) is 1.91. The first-order chi connectivity index (χ1) is 9.10. The van der Waals surface area contributed by atoms with Gasteiger partial charge in [-0.1, -0.05) is 0 Å². The van der Waals surface area contributed by atoms with Crippen molar-refractivity contribution in [2.24, 2.45) is 0 Å². The Morgan fingerprint density at radius 1 is 1.05 bits per heavy atom. The molecule has 19 heavy (non-hydrogen) atoms. The Morgan fingerprint density at radius 3 is 2.21 bits per heavy atom. The molecule has 2 rings (SSSR count). The van der Waals surface area contributed by atoms with E-state index in [2.05, 4.69) is 0 Å². The van der Waals surface area contributed by atoms with E-state index in [1.165, 1.54) is 6.92 Å². The summed E-state index contributed by atoms with van der Waals surface area (Å²) in [5.41, 5.74) is 6.97. The first kappa shape index (κ1) is 13.0. The zero-order valence-electron chi connectivity index (χ0n) is 10.8. The van der Waals surface area contributed by atoms with E-state index in [1.807, 2.05) is 0 Å². The van der Waals surface area contributed by atoms with Crippen molar-refractivity contribution >= 4 is 11.5 Å². The highest BCUT2D eigenvalue weighted by molar-refractivity contribution is 5.94. The fraction of sp³-hybridized carbons (Fsp3) is 0.133. The summed E-state index contributed by atoms with van der Waals surface area (Å²) >= 11 is 0. The Hall–Kier alpha value is -2.49. The highest BCUT2D eigenvalue weighted by Gasteiger charge is 2.04. The molecule has 0 aromatic heterocycles. The normalized spacial score (nSPS) is 10.0. The van der Waals surface area contributed by atoms with Crippen LogP contribution in [0.3, 0.4) is 0 Å². The summed E-state index contributed by atoms with van der Waals surface area (Å²) in [5, 5.41) is 0. The lowest BCUT2D eigenvalue weighted by Crippen LogP contribution is -1.94. The molecule has 4 nitrogen and oxygen atoms in total.